The average molecular weight is 332 g/mol. The maximum atomic E-state index is 11.6. The highest BCUT2D eigenvalue weighted by Crippen LogP contribution is 2.34. The topological polar surface area (TPSA) is 97.1 Å². The van der Waals surface area contributed by atoms with Gasteiger partial charge in [-0.15, -0.1) is 22.7 Å². The summed E-state index contributed by atoms with van der Waals surface area (Å²) in [7, 11) is -3.54. The van der Waals surface area contributed by atoms with Crippen LogP contribution in [0.15, 0.2) is 12.1 Å². The van der Waals surface area contributed by atoms with Gasteiger partial charge >= 0.3 is 10.2 Å². The van der Waals surface area contributed by atoms with Crippen molar-refractivity contribution in [3.8, 4) is 10.6 Å². The molecule has 0 spiro atoms. The third-order valence-electron chi connectivity index (χ3n) is 2.45. The Morgan fingerprint density at radius 1 is 1.35 bits per heavy atom. The number of hydrogen-bond donors (Lipinski definition) is 3. The first-order valence-electron chi connectivity index (χ1n) is 5.99. The fraction of sp³-hybridized carbons (Fsp3) is 0.364. The molecule has 0 aliphatic carbocycles. The van der Waals surface area contributed by atoms with Gasteiger partial charge in [0.25, 0.3) is 0 Å². The summed E-state index contributed by atoms with van der Waals surface area (Å²) in [5.41, 5.74) is 6.39. The van der Waals surface area contributed by atoms with Gasteiger partial charge in [-0.1, -0.05) is 6.92 Å². The molecule has 0 saturated heterocycles. The van der Waals surface area contributed by atoms with Gasteiger partial charge in [0.05, 0.1) is 10.6 Å². The van der Waals surface area contributed by atoms with Gasteiger partial charge in [-0.05, 0) is 19.1 Å². The number of nitrogens with one attached hydrogen (secondary N) is 2. The third-order valence-corrected chi connectivity index (χ3v) is 5.71. The predicted molar refractivity (Wildman–Crippen MR) is 84.3 cm³/mol. The molecule has 2 rings (SSSR count). The molecule has 110 valence electrons. The van der Waals surface area contributed by atoms with E-state index in [1.54, 1.807) is 18.3 Å². The molecule has 20 heavy (non-hydrogen) atoms. The Balaban J connectivity index is 2.26. The van der Waals surface area contributed by atoms with Crippen molar-refractivity contribution >= 4 is 38.0 Å². The zero-order valence-corrected chi connectivity index (χ0v) is 13.6. The highest BCUT2D eigenvalue weighted by molar-refractivity contribution is 7.91. The molecule has 0 saturated carbocycles. The first-order chi connectivity index (χ1) is 9.45. The molecule has 9 heteroatoms. The maximum Gasteiger partial charge on any atom is 0.300 e. The minimum absolute atomic E-state index is 0.331. The van der Waals surface area contributed by atoms with Crippen LogP contribution in [-0.2, 0) is 16.8 Å². The van der Waals surface area contributed by atoms with E-state index < -0.39 is 10.2 Å². The summed E-state index contributed by atoms with van der Waals surface area (Å²) in [4.78, 5) is 7.38. The van der Waals surface area contributed by atoms with Gasteiger partial charge in [0.2, 0.25) is 0 Å². The molecule has 2 heterocycles. The van der Waals surface area contributed by atoms with E-state index in [1.807, 2.05) is 19.1 Å². The Morgan fingerprint density at radius 3 is 2.70 bits per heavy atom. The normalized spacial score (nSPS) is 11.8. The number of nitrogens with zero attached hydrogens (tertiary/aromatic N) is 1. The zero-order valence-electron chi connectivity index (χ0n) is 11.1. The monoisotopic (exact) mass is 332 g/mol. The summed E-state index contributed by atoms with van der Waals surface area (Å²) in [6.45, 7) is 4.46. The summed E-state index contributed by atoms with van der Waals surface area (Å²) in [6.07, 6.45) is 0. The minimum atomic E-state index is -3.54. The second kappa shape index (κ2) is 6.19. The molecule has 0 aliphatic rings. The molecule has 0 unspecified atom stereocenters. The number of thiazole rings is 1. The molecule has 0 bridgehead atoms. The van der Waals surface area contributed by atoms with E-state index in [1.165, 1.54) is 11.3 Å². The Kier molecular flexibility index (Phi) is 4.76. The second-order valence-electron chi connectivity index (χ2n) is 4.00. The standard InChI is InChI=1S/C11H16N4O2S3/c1-3-13-20(16,17)15-11-14-10(7(2)18-11)9-5-4-8(6-12)19-9/h4-5,13H,3,6,12H2,1-2H3,(H,14,15). The molecular formula is C11H16N4O2S3. The van der Waals surface area contributed by atoms with Crippen LogP contribution in [0.5, 0.6) is 0 Å². The van der Waals surface area contributed by atoms with Crippen molar-refractivity contribution in [3.05, 3.63) is 21.9 Å². The van der Waals surface area contributed by atoms with Crippen molar-refractivity contribution in [2.45, 2.75) is 20.4 Å². The quantitative estimate of drug-likeness (QED) is 0.752. The lowest BCUT2D eigenvalue weighted by Gasteiger charge is -2.03. The van der Waals surface area contributed by atoms with Gasteiger partial charge < -0.3 is 5.73 Å². The lowest BCUT2D eigenvalue weighted by Crippen LogP contribution is -2.29. The van der Waals surface area contributed by atoms with Crippen LogP contribution in [0.4, 0.5) is 5.13 Å². The lowest BCUT2D eigenvalue weighted by molar-refractivity contribution is 0.589. The van der Waals surface area contributed by atoms with Crippen LogP contribution < -0.4 is 15.2 Å². The predicted octanol–water partition coefficient (Wildman–Crippen LogP) is 1.90. The fourth-order valence-corrected chi connectivity index (χ4v) is 4.53. The Hall–Kier alpha value is -1.00. The third kappa shape index (κ3) is 3.55. The second-order valence-corrected chi connectivity index (χ2v) is 7.87. The van der Waals surface area contributed by atoms with Crippen molar-refractivity contribution in [2.24, 2.45) is 5.73 Å². The van der Waals surface area contributed by atoms with Gasteiger partial charge in [0.1, 0.15) is 0 Å². The maximum absolute atomic E-state index is 11.6. The highest BCUT2D eigenvalue weighted by Gasteiger charge is 2.15. The number of hydrogen-bond acceptors (Lipinski definition) is 6. The van der Waals surface area contributed by atoms with E-state index in [-0.39, 0.29) is 0 Å². The zero-order chi connectivity index (χ0) is 14.8. The SMILES string of the molecule is CCNS(=O)(=O)Nc1nc(-c2ccc(CN)s2)c(C)s1. The molecule has 4 N–H and O–H groups in total. The number of rotatable bonds is 6. The minimum Gasteiger partial charge on any atom is -0.326 e. The van der Waals surface area contributed by atoms with Gasteiger partial charge in [0.15, 0.2) is 5.13 Å². The fourth-order valence-electron chi connectivity index (χ4n) is 1.62. The molecule has 0 aliphatic heterocycles. The summed E-state index contributed by atoms with van der Waals surface area (Å²) >= 11 is 2.88. The van der Waals surface area contributed by atoms with Crippen LogP contribution in [0.25, 0.3) is 10.6 Å². The van der Waals surface area contributed by atoms with Gasteiger partial charge in [-0.2, -0.15) is 13.1 Å². The summed E-state index contributed by atoms with van der Waals surface area (Å²) in [5.74, 6) is 0. The molecule has 0 aromatic carbocycles. The molecule has 0 atom stereocenters. The van der Waals surface area contributed by atoms with Gasteiger partial charge in [-0.3, -0.25) is 0 Å². The smallest absolute Gasteiger partial charge is 0.300 e. The first kappa shape index (κ1) is 15.4. The first-order valence-corrected chi connectivity index (χ1v) is 9.10. The number of nitrogens with two attached hydrogens (primary N) is 1. The number of anilines is 1. The van der Waals surface area contributed by atoms with E-state index in [4.69, 9.17) is 5.73 Å². The summed E-state index contributed by atoms with van der Waals surface area (Å²) < 4.78 is 28.1. The van der Waals surface area contributed by atoms with Crippen molar-refractivity contribution in [1.29, 1.82) is 0 Å². The van der Waals surface area contributed by atoms with E-state index in [0.29, 0.717) is 18.2 Å². The molecule has 0 radical (unpaired) electrons. The van der Waals surface area contributed by atoms with Gasteiger partial charge in [-0.25, -0.2) is 9.71 Å². The Bertz CT molecular complexity index is 690. The average Bonchev–Trinajstić information content (AvgIpc) is 2.94. The Morgan fingerprint density at radius 2 is 2.10 bits per heavy atom. The molecule has 2 aromatic heterocycles. The van der Waals surface area contributed by atoms with Crippen LogP contribution in [0.1, 0.15) is 16.7 Å². The molecule has 6 nitrogen and oxygen atoms in total. The molecule has 0 amide bonds. The van der Waals surface area contributed by atoms with Crippen molar-refractivity contribution in [1.82, 2.24) is 9.71 Å². The number of aromatic nitrogens is 1. The van der Waals surface area contributed by atoms with Crippen LogP contribution in [0.3, 0.4) is 0 Å². The number of aryl methyl sites for hydroxylation is 1. The highest BCUT2D eigenvalue weighted by atomic mass is 32.2. The molecular weight excluding hydrogens is 316 g/mol. The summed E-state index contributed by atoms with van der Waals surface area (Å²) in [5, 5.41) is 0.362. The van der Waals surface area contributed by atoms with E-state index in [9.17, 15) is 8.42 Å². The van der Waals surface area contributed by atoms with Crippen LogP contribution in [-0.4, -0.2) is 19.9 Å². The lowest BCUT2D eigenvalue weighted by atomic mass is 10.3. The van der Waals surface area contributed by atoms with E-state index in [0.717, 1.165) is 20.3 Å². The van der Waals surface area contributed by atoms with Crippen LogP contribution in [0.2, 0.25) is 0 Å². The van der Waals surface area contributed by atoms with E-state index >= 15 is 0 Å². The van der Waals surface area contributed by atoms with Crippen molar-refractivity contribution in [2.75, 3.05) is 11.3 Å². The number of thiophene rings is 1. The van der Waals surface area contributed by atoms with Crippen molar-refractivity contribution < 1.29 is 8.42 Å². The molecule has 2 aromatic rings. The van der Waals surface area contributed by atoms with Crippen molar-refractivity contribution in [3.63, 3.8) is 0 Å². The van der Waals surface area contributed by atoms with Crippen LogP contribution in [0, 0.1) is 6.92 Å². The molecule has 0 fully saturated rings. The van der Waals surface area contributed by atoms with E-state index in [2.05, 4.69) is 14.4 Å². The van der Waals surface area contributed by atoms with Crippen LogP contribution >= 0.6 is 22.7 Å². The van der Waals surface area contributed by atoms with Gasteiger partial charge in [0, 0.05) is 22.8 Å². The Labute approximate surface area is 126 Å². The summed E-state index contributed by atoms with van der Waals surface area (Å²) in [6, 6.07) is 3.92. The largest absolute Gasteiger partial charge is 0.326 e.